The summed E-state index contributed by atoms with van der Waals surface area (Å²) in [5.41, 5.74) is 5.16. The van der Waals surface area contributed by atoms with Gasteiger partial charge < -0.3 is 10.8 Å². The molecule has 0 saturated heterocycles. The minimum absolute atomic E-state index is 0.0751. The van der Waals surface area contributed by atoms with Gasteiger partial charge in [-0.2, -0.15) is 0 Å². The molecule has 0 aromatic heterocycles. The van der Waals surface area contributed by atoms with Gasteiger partial charge in [0.2, 0.25) is 0 Å². The molecule has 0 amide bonds. The molecule has 1 atom stereocenters. The first kappa shape index (κ1) is 12.9. The zero-order valence-electron chi connectivity index (χ0n) is 8.38. The molecule has 1 unspecified atom stereocenters. The summed E-state index contributed by atoms with van der Waals surface area (Å²) in [5, 5.41) is 8.58. The van der Waals surface area contributed by atoms with Crippen LogP contribution < -0.4 is 5.73 Å². The van der Waals surface area contributed by atoms with Crippen molar-refractivity contribution in [1.82, 2.24) is 0 Å². The van der Waals surface area contributed by atoms with Crippen LogP contribution in [-0.2, 0) is 10.7 Å². The molecule has 3 nitrogen and oxygen atoms in total. The molecule has 0 spiro atoms. The predicted octanol–water partition coefficient (Wildman–Crippen LogP) is 2.54. The fourth-order valence-corrected chi connectivity index (χ4v) is 1.48. The first-order chi connectivity index (χ1) is 7.23. The molecule has 0 radical (unpaired) electrons. The Balaban J connectivity index is 3.15. The van der Waals surface area contributed by atoms with Gasteiger partial charge in [0.1, 0.15) is 6.04 Å². The van der Waals surface area contributed by atoms with E-state index in [-0.39, 0.29) is 16.1 Å². The topological polar surface area (TPSA) is 63.3 Å². The molecule has 0 saturated carbocycles. The first-order valence-electron chi connectivity index (χ1n) is 4.39. The molecule has 6 heteroatoms. The van der Waals surface area contributed by atoms with Crippen molar-refractivity contribution in [2.75, 3.05) is 0 Å². The molecular weight excluding hydrogens is 240 g/mol. The van der Waals surface area contributed by atoms with Crippen LogP contribution in [0.4, 0.5) is 8.78 Å². The van der Waals surface area contributed by atoms with Crippen molar-refractivity contribution in [3.63, 3.8) is 0 Å². The highest BCUT2D eigenvalue weighted by Gasteiger charge is 2.26. The van der Waals surface area contributed by atoms with E-state index in [1.54, 1.807) is 0 Å². The monoisotopic (exact) mass is 249 g/mol. The Morgan fingerprint density at radius 1 is 1.56 bits per heavy atom. The number of rotatable bonds is 3. The van der Waals surface area contributed by atoms with E-state index in [1.165, 1.54) is 6.07 Å². The van der Waals surface area contributed by atoms with E-state index < -0.39 is 17.9 Å². The van der Waals surface area contributed by atoms with E-state index in [1.807, 2.05) is 0 Å². The number of nitrogens with two attached hydrogens (primary N) is 1. The van der Waals surface area contributed by atoms with Crippen LogP contribution in [0.15, 0.2) is 18.2 Å². The number of hydrogen-bond donors (Lipinski definition) is 2. The van der Waals surface area contributed by atoms with Gasteiger partial charge >= 0.3 is 5.97 Å². The number of carboxylic acids is 1. The lowest BCUT2D eigenvalue weighted by Gasteiger charge is -2.14. The molecule has 0 aliphatic heterocycles. The van der Waals surface area contributed by atoms with Crippen LogP contribution in [0.5, 0.6) is 0 Å². The van der Waals surface area contributed by atoms with E-state index in [0.29, 0.717) is 0 Å². The van der Waals surface area contributed by atoms with Gasteiger partial charge in [-0.25, -0.2) is 8.78 Å². The second-order valence-electron chi connectivity index (χ2n) is 3.44. The van der Waals surface area contributed by atoms with E-state index >= 15 is 0 Å². The molecule has 0 aliphatic carbocycles. The van der Waals surface area contributed by atoms with Crippen LogP contribution in [0.25, 0.3) is 0 Å². The molecule has 0 fully saturated rings. The Bertz CT molecular complexity index is 418. The van der Waals surface area contributed by atoms with Crippen LogP contribution >= 0.6 is 11.6 Å². The maximum atomic E-state index is 12.9. The standard InChI is InChI=1S/C10H10ClF2NO2/c1-10(12,13)5-2-3-6(7(11)4-5)8(14)9(15)16/h2-4,8H,14H2,1H3,(H,15,16). The summed E-state index contributed by atoms with van der Waals surface area (Å²) in [5.74, 6) is -4.28. The fraction of sp³-hybridized carbons (Fsp3) is 0.300. The van der Waals surface area contributed by atoms with E-state index in [9.17, 15) is 13.6 Å². The lowest BCUT2D eigenvalue weighted by atomic mass is 10.0. The van der Waals surface area contributed by atoms with Gasteiger partial charge in [0.15, 0.2) is 0 Å². The Kier molecular flexibility index (Phi) is 3.50. The van der Waals surface area contributed by atoms with Crippen LogP contribution in [0.3, 0.4) is 0 Å². The summed E-state index contributed by atoms with van der Waals surface area (Å²) < 4.78 is 25.8. The summed E-state index contributed by atoms with van der Waals surface area (Å²) in [4.78, 5) is 10.6. The highest BCUT2D eigenvalue weighted by Crippen LogP contribution is 2.31. The SMILES string of the molecule is CC(F)(F)c1ccc(C(N)C(=O)O)c(Cl)c1. The number of carboxylic acid groups (broad SMARTS) is 1. The number of benzene rings is 1. The van der Waals surface area contributed by atoms with Gasteiger partial charge in [-0.05, 0) is 11.6 Å². The van der Waals surface area contributed by atoms with Gasteiger partial charge in [0.05, 0.1) is 0 Å². The third-order valence-corrected chi connectivity index (χ3v) is 2.44. The van der Waals surface area contributed by atoms with E-state index in [4.69, 9.17) is 22.4 Å². The molecule has 0 bridgehead atoms. The van der Waals surface area contributed by atoms with Crippen molar-refractivity contribution < 1.29 is 18.7 Å². The van der Waals surface area contributed by atoms with Crippen LogP contribution in [-0.4, -0.2) is 11.1 Å². The summed E-state index contributed by atoms with van der Waals surface area (Å²) in [6.07, 6.45) is 0. The molecule has 3 N–H and O–H groups in total. The molecule has 1 aromatic rings. The first-order valence-corrected chi connectivity index (χ1v) is 4.77. The minimum Gasteiger partial charge on any atom is -0.480 e. The maximum Gasteiger partial charge on any atom is 0.325 e. The van der Waals surface area contributed by atoms with E-state index in [0.717, 1.165) is 19.1 Å². The average Bonchev–Trinajstić information content (AvgIpc) is 2.15. The number of hydrogen-bond acceptors (Lipinski definition) is 2. The Morgan fingerprint density at radius 2 is 2.12 bits per heavy atom. The number of alkyl halides is 2. The largest absolute Gasteiger partial charge is 0.480 e. The number of halogens is 3. The molecule has 0 aliphatic rings. The van der Waals surface area contributed by atoms with Gasteiger partial charge in [0, 0.05) is 17.5 Å². The third kappa shape index (κ3) is 2.68. The summed E-state index contributed by atoms with van der Waals surface area (Å²) in [6, 6.07) is 2.03. The van der Waals surface area contributed by atoms with Crippen LogP contribution in [0.2, 0.25) is 5.02 Å². The molecule has 16 heavy (non-hydrogen) atoms. The lowest BCUT2D eigenvalue weighted by molar-refractivity contribution is -0.138. The maximum absolute atomic E-state index is 12.9. The smallest absolute Gasteiger partial charge is 0.325 e. The van der Waals surface area contributed by atoms with Gasteiger partial charge in [-0.3, -0.25) is 4.79 Å². The average molecular weight is 250 g/mol. The highest BCUT2D eigenvalue weighted by atomic mass is 35.5. The van der Waals surface area contributed by atoms with Crippen molar-refractivity contribution >= 4 is 17.6 Å². The fourth-order valence-electron chi connectivity index (χ4n) is 1.19. The van der Waals surface area contributed by atoms with Crippen molar-refractivity contribution in [2.24, 2.45) is 5.73 Å². The third-order valence-electron chi connectivity index (χ3n) is 2.11. The molecule has 88 valence electrons. The molecule has 1 aromatic carbocycles. The van der Waals surface area contributed by atoms with Crippen molar-refractivity contribution in [3.05, 3.63) is 34.3 Å². The molecule has 0 heterocycles. The predicted molar refractivity (Wildman–Crippen MR) is 55.6 cm³/mol. The van der Waals surface area contributed by atoms with Crippen LogP contribution in [0.1, 0.15) is 24.1 Å². The van der Waals surface area contributed by atoms with Gasteiger partial charge in [-0.15, -0.1) is 0 Å². The molecular formula is C10H10ClF2NO2. The Labute approximate surface area is 95.8 Å². The van der Waals surface area contributed by atoms with Crippen molar-refractivity contribution in [1.29, 1.82) is 0 Å². The zero-order chi connectivity index (χ0) is 12.5. The molecule has 1 rings (SSSR count). The van der Waals surface area contributed by atoms with E-state index in [2.05, 4.69) is 0 Å². The lowest BCUT2D eigenvalue weighted by Crippen LogP contribution is -2.21. The quantitative estimate of drug-likeness (QED) is 0.865. The van der Waals surface area contributed by atoms with Crippen LogP contribution in [0, 0.1) is 0 Å². The Hall–Kier alpha value is -1.20. The van der Waals surface area contributed by atoms with Crippen molar-refractivity contribution in [3.8, 4) is 0 Å². The summed E-state index contributed by atoms with van der Waals surface area (Å²) in [6.45, 7) is 0.732. The normalized spacial score (nSPS) is 13.6. The number of aliphatic carboxylic acids is 1. The number of carbonyl (C=O) groups is 1. The summed E-state index contributed by atoms with van der Waals surface area (Å²) >= 11 is 5.70. The minimum atomic E-state index is -3.02. The van der Waals surface area contributed by atoms with Crippen molar-refractivity contribution in [2.45, 2.75) is 18.9 Å². The van der Waals surface area contributed by atoms with Gasteiger partial charge in [0.25, 0.3) is 5.92 Å². The highest BCUT2D eigenvalue weighted by molar-refractivity contribution is 6.31. The summed E-state index contributed by atoms with van der Waals surface area (Å²) in [7, 11) is 0. The van der Waals surface area contributed by atoms with Gasteiger partial charge in [-0.1, -0.05) is 23.7 Å². The Morgan fingerprint density at radius 3 is 2.50 bits per heavy atom. The zero-order valence-corrected chi connectivity index (χ0v) is 9.13. The second kappa shape index (κ2) is 4.35. The second-order valence-corrected chi connectivity index (χ2v) is 3.85.